The van der Waals surface area contributed by atoms with Gasteiger partial charge < -0.3 is 4.90 Å². The van der Waals surface area contributed by atoms with Crippen molar-refractivity contribution in [2.45, 2.75) is 6.42 Å². The lowest BCUT2D eigenvalue weighted by molar-refractivity contribution is -0.118. The monoisotopic (exact) mass is 267 g/mol. The number of likely N-dealkylation sites (N-methyl/N-ethyl adjacent to an activating group) is 1. The summed E-state index contributed by atoms with van der Waals surface area (Å²) in [6, 6.07) is 5.45. The van der Waals surface area contributed by atoms with Crippen molar-refractivity contribution in [2.75, 3.05) is 13.6 Å². The lowest BCUT2D eigenvalue weighted by atomic mass is 10.0. The minimum Gasteiger partial charge on any atom is -0.334 e. The van der Waals surface area contributed by atoms with Crippen LogP contribution in [-0.2, 0) is 11.2 Å². The van der Waals surface area contributed by atoms with Crippen LogP contribution in [0.15, 0.2) is 22.7 Å². The Bertz CT molecular complexity index is 442. The molecule has 1 aliphatic rings. The molecule has 2 rings (SSSR count). The van der Waals surface area contributed by atoms with Crippen LogP contribution in [0, 0.1) is 0 Å². The van der Waals surface area contributed by atoms with Crippen molar-refractivity contribution < 1.29 is 9.59 Å². The topological polar surface area (TPSA) is 37.4 Å². The van der Waals surface area contributed by atoms with Crippen LogP contribution >= 0.6 is 15.9 Å². The maximum absolute atomic E-state index is 11.9. The first-order valence-corrected chi connectivity index (χ1v) is 5.43. The van der Waals surface area contributed by atoms with E-state index < -0.39 is 0 Å². The molecule has 1 amide bonds. The van der Waals surface area contributed by atoms with Gasteiger partial charge in [-0.3, -0.25) is 9.59 Å². The number of nitrogens with zero attached hydrogens (tertiary/aromatic N) is 1. The van der Waals surface area contributed by atoms with Gasteiger partial charge in [-0.1, -0.05) is 22.0 Å². The molecule has 0 unspecified atom stereocenters. The SMILES string of the molecule is CN1CC(=O)Cc2ccc(Br)cc2C1=O. The van der Waals surface area contributed by atoms with Crippen LogP contribution in [0.1, 0.15) is 15.9 Å². The number of hydrogen-bond acceptors (Lipinski definition) is 2. The number of carbonyl (C=O) groups excluding carboxylic acids is 2. The maximum atomic E-state index is 11.9. The maximum Gasteiger partial charge on any atom is 0.254 e. The number of halogens is 1. The first-order valence-electron chi connectivity index (χ1n) is 4.63. The number of ketones is 1. The summed E-state index contributed by atoms with van der Waals surface area (Å²) in [6.45, 7) is 0.200. The van der Waals surface area contributed by atoms with E-state index in [-0.39, 0.29) is 18.2 Å². The molecule has 0 aromatic heterocycles. The predicted molar refractivity (Wildman–Crippen MR) is 59.8 cm³/mol. The third-order valence-electron chi connectivity index (χ3n) is 2.45. The standard InChI is InChI=1S/C11H10BrNO2/c1-13-6-9(14)4-7-2-3-8(12)5-10(7)11(13)15/h2-3,5H,4,6H2,1H3. The lowest BCUT2D eigenvalue weighted by Gasteiger charge is -2.13. The van der Waals surface area contributed by atoms with Gasteiger partial charge >= 0.3 is 0 Å². The van der Waals surface area contributed by atoms with E-state index in [0.29, 0.717) is 12.0 Å². The number of carbonyl (C=O) groups is 2. The van der Waals surface area contributed by atoms with Crippen molar-refractivity contribution in [1.29, 1.82) is 0 Å². The molecule has 3 nitrogen and oxygen atoms in total. The fraction of sp³-hybridized carbons (Fsp3) is 0.273. The van der Waals surface area contributed by atoms with Gasteiger partial charge in [-0.25, -0.2) is 0 Å². The van der Waals surface area contributed by atoms with Crippen molar-refractivity contribution in [3.8, 4) is 0 Å². The summed E-state index contributed by atoms with van der Waals surface area (Å²) in [5.74, 6) is -0.0101. The summed E-state index contributed by atoms with van der Waals surface area (Å²) in [5.41, 5.74) is 1.44. The Morgan fingerprint density at radius 1 is 1.33 bits per heavy atom. The molecule has 0 saturated heterocycles. The molecular weight excluding hydrogens is 258 g/mol. The summed E-state index contributed by atoms with van der Waals surface area (Å²) in [4.78, 5) is 24.8. The number of rotatable bonds is 0. The lowest BCUT2D eigenvalue weighted by Crippen LogP contribution is -2.29. The summed E-state index contributed by atoms with van der Waals surface area (Å²) >= 11 is 3.32. The average molecular weight is 268 g/mol. The minimum atomic E-state index is -0.0860. The molecule has 0 saturated carbocycles. The van der Waals surface area contributed by atoms with E-state index in [9.17, 15) is 9.59 Å². The highest BCUT2D eigenvalue weighted by molar-refractivity contribution is 9.10. The van der Waals surface area contributed by atoms with Crippen LogP contribution in [0.4, 0.5) is 0 Å². The molecule has 15 heavy (non-hydrogen) atoms. The van der Waals surface area contributed by atoms with Crippen LogP contribution in [-0.4, -0.2) is 30.2 Å². The van der Waals surface area contributed by atoms with Crippen molar-refractivity contribution in [1.82, 2.24) is 4.90 Å². The van der Waals surface area contributed by atoms with Crippen molar-refractivity contribution in [2.24, 2.45) is 0 Å². The van der Waals surface area contributed by atoms with Gasteiger partial charge in [0.2, 0.25) is 0 Å². The predicted octanol–water partition coefficient (Wildman–Crippen LogP) is 1.65. The minimum absolute atomic E-state index is 0.0759. The van der Waals surface area contributed by atoms with Gasteiger partial charge in [0.15, 0.2) is 5.78 Å². The second-order valence-electron chi connectivity index (χ2n) is 3.68. The zero-order chi connectivity index (χ0) is 11.0. The van der Waals surface area contributed by atoms with E-state index in [1.807, 2.05) is 12.1 Å². The first-order chi connectivity index (χ1) is 7.08. The second-order valence-corrected chi connectivity index (χ2v) is 4.59. The van der Waals surface area contributed by atoms with Gasteiger partial charge in [0.1, 0.15) is 0 Å². The van der Waals surface area contributed by atoms with E-state index in [1.54, 1.807) is 13.1 Å². The molecule has 0 N–H and O–H groups in total. The summed E-state index contributed by atoms with van der Waals surface area (Å²) in [7, 11) is 1.65. The Morgan fingerprint density at radius 3 is 2.80 bits per heavy atom. The summed E-state index contributed by atoms with van der Waals surface area (Å²) < 4.78 is 0.859. The molecule has 1 aromatic rings. The third kappa shape index (κ3) is 1.95. The third-order valence-corrected chi connectivity index (χ3v) is 2.94. The molecule has 0 radical (unpaired) electrons. The molecular formula is C11H10BrNO2. The summed E-state index contributed by atoms with van der Waals surface area (Å²) in [6.07, 6.45) is 0.346. The van der Waals surface area contributed by atoms with Crippen molar-refractivity contribution in [3.05, 3.63) is 33.8 Å². The largest absolute Gasteiger partial charge is 0.334 e. The highest BCUT2D eigenvalue weighted by Crippen LogP contribution is 2.21. The van der Waals surface area contributed by atoms with E-state index in [1.165, 1.54) is 4.90 Å². The fourth-order valence-electron chi connectivity index (χ4n) is 1.71. The molecule has 1 heterocycles. The molecule has 0 aliphatic carbocycles. The number of hydrogen-bond donors (Lipinski definition) is 0. The van der Waals surface area contributed by atoms with Crippen LogP contribution in [0.5, 0.6) is 0 Å². The molecule has 0 fully saturated rings. The van der Waals surface area contributed by atoms with Gasteiger partial charge in [-0.2, -0.15) is 0 Å². The number of amides is 1. The Labute approximate surface area is 96.2 Å². The van der Waals surface area contributed by atoms with Crippen LogP contribution in [0.2, 0.25) is 0 Å². The zero-order valence-electron chi connectivity index (χ0n) is 8.29. The van der Waals surface area contributed by atoms with E-state index in [2.05, 4.69) is 15.9 Å². The number of Topliss-reactive ketones (excluding diaryl/α,β-unsaturated/α-hetero) is 1. The Hall–Kier alpha value is -1.16. The average Bonchev–Trinajstić information content (AvgIpc) is 2.27. The Kier molecular flexibility index (Phi) is 2.61. The van der Waals surface area contributed by atoms with Gasteiger partial charge in [0.25, 0.3) is 5.91 Å². The van der Waals surface area contributed by atoms with Crippen molar-refractivity contribution in [3.63, 3.8) is 0 Å². The fourth-order valence-corrected chi connectivity index (χ4v) is 2.07. The Morgan fingerprint density at radius 2 is 2.07 bits per heavy atom. The normalized spacial score (nSPS) is 16.3. The second kappa shape index (κ2) is 3.77. The molecule has 0 atom stereocenters. The van der Waals surface area contributed by atoms with E-state index in [0.717, 1.165) is 10.0 Å². The van der Waals surface area contributed by atoms with Gasteiger partial charge in [-0.15, -0.1) is 0 Å². The van der Waals surface area contributed by atoms with Crippen LogP contribution < -0.4 is 0 Å². The number of benzene rings is 1. The zero-order valence-corrected chi connectivity index (χ0v) is 9.87. The molecule has 0 spiro atoms. The molecule has 1 aliphatic heterocycles. The molecule has 4 heteroatoms. The first kappa shape index (κ1) is 10.4. The van der Waals surface area contributed by atoms with E-state index in [4.69, 9.17) is 0 Å². The molecule has 78 valence electrons. The number of fused-ring (bicyclic) bond motifs is 1. The van der Waals surface area contributed by atoms with Gasteiger partial charge in [-0.05, 0) is 17.7 Å². The highest BCUT2D eigenvalue weighted by Gasteiger charge is 2.23. The smallest absolute Gasteiger partial charge is 0.254 e. The highest BCUT2D eigenvalue weighted by atomic mass is 79.9. The van der Waals surface area contributed by atoms with E-state index >= 15 is 0 Å². The van der Waals surface area contributed by atoms with Crippen LogP contribution in [0.3, 0.4) is 0 Å². The van der Waals surface area contributed by atoms with Crippen LogP contribution in [0.25, 0.3) is 0 Å². The molecule has 0 bridgehead atoms. The quantitative estimate of drug-likeness (QED) is 0.717. The van der Waals surface area contributed by atoms with Gasteiger partial charge in [0.05, 0.1) is 6.54 Å². The Balaban J connectivity index is 2.55. The molecule has 1 aromatic carbocycles. The van der Waals surface area contributed by atoms with Gasteiger partial charge in [0, 0.05) is 23.5 Å². The van der Waals surface area contributed by atoms with Crippen molar-refractivity contribution >= 4 is 27.6 Å². The summed E-state index contributed by atoms with van der Waals surface area (Å²) in [5, 5.41) is 0.